The summed E-state index contributed by atoms with van der Waals surface area (Å²) in [6.45, 7) is 1.62. The van der Waals surface area contributed by atoms with E-state index in [2.05, 4.69) is 15.5 Å². The van der Waals surface area contributed by atoms with Crippen molar-refractivity contribution in [2.24, 2.45) is 5.73 Å². The van der Waals surface area contributed by atoms with Gasteiger partial charge >= 0.3 is 6.03 Å². The lowest BCUT2D eigenvalue weighted by atomic mass is 10.3. The van der Waals surface area contributed by atoms with Crippen LogP contribution in [0.1, 0.15) is 6.92 Å². The first-order valence-electron chi connectivity index (χ1n) is 6.21. The van der Waals surface area contributed by atoms with E-state index >= 15 is 0 Å². The zero-order valence-corrected chi connectivity index (χ0v) is 12.7. The SMILES string of the molecule is COc1ccc(-n2nnnc2SC(C)C(=O)NC(N)=O)cc1. The van der Waals surface area contributed by atoms with Gasteiger partial charge in [0.2, 0.25) is 11.1 Å². The Bertz CT molecular complexity index is 672. The summed E-state index contributed by atoms with van der Waals surface area (Å²) < 4.78 is 6.57. The van der Waals surface area contributed by atoms with Crippen molar-refractivity contribution in [2.45, 2.75) is 17.3 Å². The lowest BCUT2D eigenvalue weighted by Crippen LogP contribution is -2.39. The summed E-state index contributed by atoms with van der Waals surface area (Å²) in [6.07, 6.45) is 0. The number of urea groups is 1. The maximum Gasteiger partial charge on any atom is 0.318 e. The van der Waals surface area contributed by atoms with Crippen molar-refractivity contribution in [1.29, 1.82) is 0 Å². The number of nitrogens with one attached hydrogen (secondary N) is 1. The van der Waals surface area contributed by atoms with Crippen molar-refractivity contribution < 1.29 is 14.3 Å². The molecule has 9 nitrogen and oxygen atoms in total. The first-order chi connectivity index (χ1) is 10.5. The highest BCUT2D eigenvalue weighted by atomic mass is 32.2. The zero-order valence-electron chi connectivity index (χ0n) is 11.9. The fraction of sp³-hybridized carbons (Fsp3) is 0.250. The fourth-order valence-corrected chi connectivity index (χ4v) is 2.38. The first-order valence-corrected chi connectivity index (χ1v) is 7.09. The molecule has 0 radical (unpaired) electrons. The second kappa shape index (κ2) is 6.89. The highest BCUT2D eigenvalue weighted by Crippen LogP contribution is 2.23. The van der Waals surface area contributed by atoms with Crippen LogP contribution in [0.25, 0.3) is 5.69 Å². The van der Waals surface area contributed by atoms with Gasteiger partial charge < -0.3 is 10.5 Å². The van der Waals surface area contributed by atoms with Gasteiger partial charge in [-0.1, -0.05) is 11.8 Å². The van der Waals surface area contributed by atoms with Gasteiger partial charge in [0, 0.05) is 0 Å². The molecule has 1 atom stereocenters. The lowest BCUT2D eigenvalue weighted by Gasteiger charge is -2.10. The van der Waals surface area contributed by atoms with Crippen LogP contribution in [-0.2, 0) is 4.79 Å². The molecule has 1 aromatic carbocycles. The van der Waals surface area contributed by atoms with Gasteiger partial charge in [0.05, 0.1) is 18.0 Å². The van der Waals surface area contributed by atoms with Gasteiger partial charge in [0.25, 0.3) is 0 Å². The lowest BCUT2D eigenvalue weighted by molar-refractivity contribution is -0.119. The summed E-state index contributed by atoms with van der Waals surface area (Å²) in [7, 11) is 1.58. The second-order valence-corrected chi connectivity index (χ2v) is 5.49. The minimum Gasteiger partial charge on any atom is -0.497 e. The highest BCUT2D eigenvalue weighted by molar-refractivity contribution is 8.00. The number of imide groups is 1. The molecule has 1 aromatic heterocycles. The molecule has 116 valence electrons. The number of thioether (sulfide) groups is 1. The molecule has 0 saturated heterocycles. The zero-order chi connectivity index (χ0) is 16.1. The third kappa shape index (κ3) is 3.73. The molecule has 0 aliphatic rings. The number of aromatic nitrogens is 4. The predicted molar refractivity (Wildman–Crippen MR) is 78.8 cm³/mol. The Hall–Kier alpha value is -2.62. The maximum atomic E-state index is 11.7. The average Bonchev–Trinajstić information content (AvgIpc) is 2.94. The second-order valence-electron chi connectivity index (χ2n) is 4.18. The average molecular weight is 322 g/mol. The number of nitrogens with two attached hydrogens (primary N) is 1. The molecule has 1 unspecified atom stereocenters. The third-order valence-electron chi connectivity index (χ3n) is 2.66. The number of amides is 3. The smallest absolute Gasteiger partial charge is 0.318 e. The van der Waals surface area contributed by atoms with Gasteiger partial charge in [0.1, 0.15) is 5.75 Å². The van der Waals surface area contributed by atoms with Gasteiger partial charge in [-0.3, -0.25) is 10.1 Å². The van der Waals surface area contributed by atoms with Gasteiger partial charge in [-0.2, -0.15) is 4.68 Å². The Morgan fingerprint density at radius 3 is 2.64 bits per heavy atom. The molecule has 0 saturated carbocycles. The molecule has 3 N–H and O–H groups in total. The van der Waals surface area contributed by atoms with Crippen LogP contribution >= 0.6 is 11.8 Å². The predicted octanol–water partition coefficient (Wildman–Crippen LogP) is 0.346. The summed E-state index contributed by atoms with van der Waals surface area (Å²) >= 11 is 1.11. The molecule has 2 aromatic rings. The number of methoxy groups -OCH3 is 1. The fourth-order valence-electron chi connectivity index (χ4n) is 1.57. The molecule has 0 aliphatic carbocycles. The minimum atomic E-state index is -0.896. The van der Waals surface area contributed by atoms with Crippen LogP contribution in [0.2, 0.25) is 0 Å². The largest absolute Gasteiger partial charge is 0.497 e. The number of hydrogen-bond donors (Lipinski definition) is 2. The molecule has 1 heterocycles. The van der Waals surface area contributed by atoms with E-state index in [-0.39, 0.29) is 0 Å². The molecule has 10 heteroatoms. The Labute approximate surface area is 130 Å². The number of primary amides is 1. The minimum absolute atomic E-state index is 0.414. The van der Waals surface area contributed by atoms with Crippen LogP contribution in [0.3, 0.4) is 0 Å². The number of hydrogen-bond acceptors (Lipinski definition) is 7. The molecule has 0 bridgehead atoms. The van der Waals surface area contributed by atoms with Crippen molar-refractivity contribution in [3.05, 3.63) is 24.3 Å². The Morgan fingerprint density at radius 1 is 1.36 bits per heavy atom. The first kappa shape index (κ1) is 15.8. The Morgan fingerprint density at radius 2 is 2.05 bits per heavy atom. The van der Waals surface area contributed by atoms with E-state index in [0.29, 0.717) is 10.9 Å². The topological polar surface area (TPSA) is 125 Å². The van der Waals surface area contributed by atoms with E-state index in [1.54, 1.807) is 38.3 Å². The van der Waals surface area contributed by atoms with Crippen LogP contribution in [0, 0.1) is 0 Å². The van der Waals surface area contributed by atoms with E-state index in [4.69, 9.17) is 10.5 Å². The molecule has 3 amide bonds. The third-order valence-corrected chi connectivity index (χ3v) is 3.69. The van der Waals surface area contributed by atoms with E-state index in [1.807, 2.05) is 5.32 Å². The molecule has 2 rings (SSSR count). The number of nitrogens with zero attached hydrogens (tertiary/aromatic N) is 4. The van der Waals surface area contributed by atoms with Crippen LogP contribution in [0.4, 0.5) is 4.79 Å². The van der Waals surface area contributed by atoms with Crippen LogP contribution in [0.5, 0.6) is 5.75 Å². The van der Waals surface area contributed by atoms with Gasteiger partial charge in [-0.15, -0.1) is 5.10 Å². The normalized spacial score (nSPS) is 11.7. The molecule has 22 heavy (non-hydrogen) atoms. The summed E-state index contributed by atoms with van der Waals surface area (Å²) in [4.78, 5) is 22.4. The summed E-state index contributed by atoms with van der Waals surface area (Å²) in [5.74, 6) is 0.196. The summed E-state index contributed by atoms with van der Waals surface area (Å²) in [5, 5.41) is 13.2. The maximum absolute atomic E-state index is 11.7. The van der Waals surface area contributed by atoms with Crippen LogP contribution in [0.15, 0.2) is 29.4 Å². The van der Waals surface area contributed by atoms with E-state index < -0.39 is 17.2 Å². The van der Waals surface area contributed by atoms with Crippen molar-refractivity contribution in [3.8, 4) is 11.4 Å². The molecular weight excluding hydrogens is 308 g/mol. The molecule has 0 fully saturated rings. The van der Waals surface area contributed by atoms with E-state index in [1.165, 1.54) is 4.68 Å². The Kier molecular flexibility index (Phi) is 4.94. The van der Waals surface area contributed by atoms with Crippen molar-refractivity contribution in [1.82, 2.24) is 25.5 Å². The highest BCUT2D eigenvalue weighted by Gasteiger charge is 2.20. The molecular formula is C12H14N6O3S. The number of carbonyl (C=O) groups excluding carboxylic acids is 2. The number of carbonyl (C=O) groups is 2. The number of rotatable bonds is 5. The van der Waals surface area contributed by atoms with Gasteiger partial charge in [-0.25, -0.2) is 4.79 Å². The Balaban J connectivity index is 2.15. The number of benzene rings is 1. The van der Waals surface area contributed by atoms with Crippen molar-refractivity contribution in [3.63, 3.8) is 0 Å². The monoisotopic (exact) mass is 322 g/mol. The van der Waals surface area contributed by atoms with E-state index in [0.717, 1.165) is 17.4 Å². The van der Waals surface area contributed by atoms with Crippen LogP contribution < -0.4 is 15.8 Å². The standard InChI is InChI=1S/C12H14N6O3S/c1-7(10(19)14-11(13)20)22-12-15-16-17-18(12)8-3-5-9(21-2)6-4-8/h3-7H,1-2H3,(H3,13,14,19,20). The quantitative estimate of drug-likeness (QED) is 0.761. The van der Waals surface area contributed by atoms with E-state index in [9.17, 15) is 9.59 Å². The number of tetrazole rings is 1. The molecule has 0 aliphatic heterocycles. The van der Waals surface area contributed by atoms with Gasteiger partial charge in [-0.05, 0) is 41.6 Å². The van der Waals surface area contributed by atoms with Crippen molar-refractivity contribution in [2.75, 3.05) is 7.11 Å². The van der Waals surface area contributed by atoms with Gasteiger partial charge in [0.15, 0.2) is 0 Å². The molecule has 0 spiro atoms. The van der Waals surface area contributed by atoms with Crippen LogP contribution in [-0.4, -0.2) is 44.5 Å². The van der Waals surface area contributed by atoms with Crippen molar-refractivity contribution >= 4 is 23.7 Å². The summed E-state index contributed by atoms with van der Waals surface area (Å²) in [6, 6.07) is 6.22. The summed E-state index contributed by atoms with van der Waals surface area (Å²) in [5.41, 5.74) is 5.63. The number of ether oxygens (including phenoxy) is 1.